The number of aromatic nitrogens is 2. The van der Waals surface area contributed by atoms with E-state index in [1.807, 2.05) is 6.92 Å². The number of rotatable bonds is 3. The van der Waals surface area contributed by atoms with Crippen LogP contribution in [0.3, 0.4) is 0 Å². The second-order valence-corrected chi connectivity index (χ2v) is 7.40. The zero-order valence-electron chi connectivity index (χ0n) is 11.8. The molecule has 22 heavy (non-hydrogen) atoms. The fourth-order valence-corrected chi connectivity index (χ4v) is 3.36. The Morgan fingerprint density at radius 1 is 1.23 bits per heavy atom. The number of benzene rings is 1. The first-order valence-corrected chi connectivity index (χ1v) is 8.65. The third kappa shape index (κ3) is 2.71. The number of nitrogens with one attached hydrogen (secondary N) is 1. The predicted octanol–water partition coefficient (Wildman–Crippen LogP) is 3.40. The van der Waals surface area contributed by atoms with E-state index in [2.05, 4.69) is 30.8 Å². The first-order chi connectivity index (χ1) is 10.4. The molecule has 0 unspecified atom stereocenters. The molecule has 1 aromatic carbocycles. The van der Waals surface area contributed by atoms with E-state index < -0.39 is 10.0 Å². The summed E-state index contributed by atoms with van der Waals surface area (Å²) in [5, 5.41) is 4.47. The maximum atomic E-state index is 12.4. The van der Waals surface area contributed by atoms with Gasteiger partial charge in [0.2, 0.25) is 0 Å². The second-order valence-electron chi connectivity index (χ2n) is 4.86. The normalized spacial score (nSPS) is 11.8. The number of sulfonamides is 1. The largest absolute Gasteiger partial charge is 0.336 e. The summed E-state index contributed by atoms with van der Waals surface area (Å²) < 4.78 is 33.2. The Morgan fingerprint density at radius 3 is 2.73 bits per heavy atom. The molecule has 8 heteroatoms. The SMILES string of the molecule is Cc1cc(S(=O)(=O)Nc2cnc3onc(C)c3c2)ccc1Br. The number of nitrogens with zero attached hydrogens (tertiary/aromatic N) is 2. The quantitative estimate of drug-likeness (QED) is 0.751. The van der Waals surface area contributed by atoms with Crippen molar-refractivity contribution in [1.82, 2.24) is 10.1 Å². The van der Waals surface area contributed by atoms with Crippen LogP contribution in [0.15, 0.2) is 44.4 Å². The lowest BCUT2D eigenvalue weighted by Gasteiger charge is -2.09. The molecule has 0 spiro atoms. The monoisotopic (exact) mass is 381 g/mol. The van der Waals surface area contributed by atoms with Gasteiger partial charge in [0.15, 0.2) is 0 Å². The molecule has 6 nitrogen and oxygen atoms in total. The highest BCUT2D eigenvalue weighted by Gasteiger charge is 2.16. The highest BCUT2D eigenvalue weighted by atomic mass is 79.9. The zero-order valence-corrected chi connectivity index (χ0v) is 14.2. The van der Waals surface area contributed by atoms with Gasteiger partial charge >= 0.3 is 0 Å². The number of anilines is 1. The van der Waals surface area contributed by atoms with Crippen molar-refractivity contribution in [2.45, 2.75) is 18.7 Å². The van der Waals surface area contributed by atoms with Crippen molar-refractivity contribution >= 4 is 42.7 Å². The Hall–Kier alpha value is -1.93. The average Bonchev–Trinajstić information content (AvgIpc) is 2.83. The standard InChI is InChI=1S/C14H12BrN3O3S/c1-8-5-11(3-4-13(8)15)22(19,20)18-10-6-12-9(2)17-21-14(12)16-7-10/h3-7,18H,1-2H3. The lowest BCUT2D eigenvalue weighted by molar-refractivity contribution is 0.443. The molecule has 0 saturated carbocycles. The minimum absolute atomic E-state index is 0.190. The van der Waals surface area contributed by atoms with Crippen LogP contribution in [0.4, 0.5) is 5.69 Å². The van der Waals surface area contributed by atoms with E-state index in [-0.39, 0.29) is 4.90 Å². The number of halogens is 1. The summed E-state index contributed by atoms with van der Waals surface area (Å²) in [6.45, 7) is 3.60. The van der Waals surface area contributed by atoms with Gasteiger partial charge in [0.05, 0.1) is 27.9 Å². The third-order valence-electron chi connectivity index (χ3n) is 3.20. The van der Waals surface area contributed by atoms with Gasteiger partial charge in [0, 0.05) is 4.47 Å². The Balaban J connectivity index is 1.98. The van der Waals surface area contributed by atoms with Crippen molar-refractivity contribution < 1.29 is 12.9 Å². The molecule has 114 valence electrons. The van der Waals surface area contributed by atoms with E-state index in [1.165, 1.54) is 12.3 Å². The predicted molar refractivity (Wildman–Crippen MR) is 86.2 cm³/mol. The highest BCUT2D eigenvalue weighted by Crippen LogP contribution is 2.24. The Kier molecular flexibility index (Phi) is 3.65. The molecule has 0 radical (unpaired) electrons. The molecule has 2 heterocycles. The summed E-state index contributed by atoms with van der Waals surface area (Å²) >= 11 is 3.35. The van der Waals surface area contributed by atoms with Crippen LogP contribution >= 0.6 is 15.9 Å². The molecule has 0 aliphatic carbocycles. The first kappa shape index (κ1) is 15.0. The molecule has 3 aromatic rings. The topological polar surface area (TPSA) is 85.1 Å². The molecule has 2 aromatic heterocycles. The molecule has 0 saturated heterocycles. The molecule has 0 amide bonds. The number of fused-ring (bicyclic) bond motifs is 1. The summed E-state index contributed by atoms with van der Waals surface area (Å²) in [5.74, 6) is 0. The van der Waals surface area contributed by atoms with E-state index in [1.54, 1.807) is 25.1 Å². The lowest BCUT2D eigenvalue weighted by atomic mass is 10.2. The van der Waals surface area contributed by atoms with E-state index in [9.17, 15) is 8.42 Å². The Bertz CT molecular complexity index is 967. The highest BCUT2D eigenvalue weighted by molar-refractivity contribution is 9.10. The van der Waals surface area contributed by atoms with Gasteiger partial charge in [0.25, 0.3) is 15.7 Å². The maximum absolute atomic E-state index is 12.4. The van der Waals surface area contributed by atoms with Crippen LogP contribution in [0.5, 0.6) is 0 Å². The fourth-order valence-electron chi connectivity index (χ4n) is 2.00. The lowest BCUT2D eigenvalue weighted by Crippen LogP contribution is -2.13. The van der Waals surface area contributed by atoms with Gasteiger partial charge in [-0.05, 0) is 43.7 Å². The van der Waals surface area contributed by atoms with Crippen molar-refractivity contribution in [1.29, 1.82) is 0 Å². The zero-order chi connectivity index (χ0) is 15.9. The number of hydrogen-bond donors (Lipinski definition) is 1. The van der Waals surface area contributed by atoms with Crippen LogP contribution in [0.25, 0.3) is 11.1 Å². The molecule has 0 aliphatic rings. The van der Waals surface area contributed by atoms with E-state index >= 15 is 0 Å². The van der Waals surface area contributed by atoms with Crippen molar-refractivity contribution in [2.75, 3.05) is 4.72 Å². The van der Waals surface area contributed by atoms with Crippen LogP contribution < -0.4 is 4.72 Å². The smallest absolute Gasteiger partial charge is 0.261 e. The van der Waals surface area contributed by atoms with Crippen molar-refractivity contribution in [3.8, 4) is 0 Å². The van der Waals surface area contributed by atoms with E-state index in [4.69, 9.17) is 4.52 Å². The van der Waals surface area contributed by atoms with Crippen molar-refractivity contribution in [3.63, 3.8) is 0 Å². The van der Waals surface area contributed by atoms with Crippen LogP contribution in [0.2, 0.25) is 0 Å². The van der Waals surface area contributed by atoms with Crippen LogP contribution in [-0.4, -0.2) is 18.6 Å². The van der Waals surface area contributed by atoms with Gasteiger partial charge in [-0.1, -0.05) is 21.1 Å². The van der Waals surface area contributed by atoms with Crippen molar-refractivity contribution in [3.05, 3.63) is 46.2 Å². The summed E-state index contributed by atoms with van der Waals surface area (Å²) in [7, 11) is -3.68. The van der Waals surface area contributed by atoms with Gasteiger partial charge in [-0.25, -0.2) is 13.4 Å². The maximum Gasteiger partial charge on any atom is 0.261 e. The second kappa shape index (κ2) is 5.36. The molecular formula is C14H12BrN3O3S. The molecular weight excluding hydrogens is 370 g/mol. The minimum atomic E-state index is -3.68. The summed E-state index contributed by atoms with van der Waals surface area (Å²) in [6, 6.07) is 6.49. The van der Waals surface area contributed by atoms with Crippen LogP contribution in [0, 0.1) is 13.8 Å². The Labute approximate surface area is 135 Å². The van der Waals surface area contributed by atoms with E-state index in [0.29, 0.717) is 22.5 Å². The number of hydrogen-bond acceptors (Lipinski definition) is 5. The molecule has 3 rings (SSSR count). The van der Waals surface area contributed by atoms with Gasteiger partial charge in [-0.15, -0.1) is 0 Å². The molecule has 0 fully saturated rings. The summed E-state index contributed by atoms with van der Waals surface area (Å²) in [6.07, 6.45) is 1.40. The average molecular weight is 382 g/mol. The van der Waals surface area contributed by atoms with Crippen molar-refractivity contribution in [2.24, 2.45) is 0 Å². The van der Waals surface area contributed by atoms with Crippen LogP contribution in [0.1, 0.15) is 11.3 Å². The van der Waals surface area contributed by atoms with Crippen LogP contribution in [-0.2, 0) is 10.0 Å². The molecule has 0 bridgehead atoms. The molecule has 1 N–H and O–H groups in total. The number of pyridine rings is 1. The Morgan fingerprint density at radius 2 is 2.00 bits per heavy atom. The molecule has 0 aliphatic heterocycles. The summed E-state index contributed by atoms with van der Waals surface area (Å²) in [4.78, 5) is 4.24. The first-order valence-electron chi connectivity index (χ1n) is 6.38. The number of aryl methyl sites for hydroxylation is 2. The minimum Gasteiger partial charge on any atom is -0.336 e. The van der Waals surface area contributed by atoms with Gasteiger partial charge in [-0.2, -0.15) is 0 Å². The third-order valence-corrected chi connectivity index (χ3v) is 5.47. The van der Waals surface area contributed by atoms with Gasteiger partial charge in [0.1, 0.15) is 0 Å². The molecule has 0 atom stereocenters. The fraction of sp³-hybridized carbons (Fsp3) is 0.143. The van der Waals surface area contributed by atoms with Gasteiger partial charge < -0.3 is 4.52 Å². The van der Waals surface area contributed by atoms with E-state index in [0.717, 1.165) is 10.0 Å². The summed E-state index contributed by atoms with van der Waals surface area (Å²) in [5.41, 5.74) is 2.23. The van der Waals surface area contributed by atoms with Gasteiger partial charge in [-0.3, -0.25) is 4.72 Å².